The predicted molar refractivity (Wildman–Crippen MR) is 102 cm³/mol. The molecule has 0 radical (unpaired) electrons. The Morgan fingerprint density at radius 3 is 2.78 bits per heavy atom. The summed E-state index contributed by atoms with van der Waals surface area (Å²) >= 11 is 0. The molecule has 1 atom stereocenters. The fourth-order valence-corrected chi connectivity index (χ4v) is 3.18. The maximum Gasteiger partial charge on any atom is 0.165 e. The standard InChI is InChI=1S/C20H29N3O4/c1-16(18-7-11-27-21-18)22(2)15-17-5-4-6-19(24-3)20(17)26-14-10-23-8-12-25-13-9-23/h4-7,11,16H,8-10,12-15H2,1-3H3/t16-/m0/s1. The third-order valence-electron chi connectivity index (χ3n) is 5.00. The summed E-state index contributed by atoms with van der Waals surface area (Å²) in [6.07, 6.45) is 1.60. The van der Waals surface area contributed by atoms with Crippen LogP contribution in [0.1, 0.15) is 24.2 Å². The zero-order valence-electron chi connectivity index (χ0n) is 16.4. The number of hydrogen-bond donors (Lipinski definition) is 0. The number of methoxy groups -OCH3 is 1. The van der Waals surface area contributed by atoms with Crippen molar-refractivity contribution in [2.75, 3.05) is 53.6 Å². The summed E-state index contributed by atoms with van der Waals surface area (Å²) in [6, 6.07) is 8.05. The minimum atomic E-state index is 0.135. The number of ether oxygens (including phenoxy) is 3. The van der Waals surface area contributed by atoms with Crippen molar-refractivity contribution in [1.82, 2.24) is 15.0 Å². The van der Waals surface area contributed by atoms with Crippen LogP contribution in [0.4, 0.5) is 0 Å². The van der Waals surface area contributed by atoms with Crippen LogP contribution in [0.2, 0.25) is 0 Å². The molecule has 0 aliphatic carbocycles. The van der Waals surface area contributed by atoms with Gasteiger partial charge in [-0.1, -0.05) is 17.3 Å². The summed E-state index contributed by atoms with van der Waals surface area (Å²) in [7, 11) is 3.74. The van der Waals surface area contributed by atoms with E-state index in [9.17, 15) is 0 Å². The number of morpholine rings is 1. The smallest absolute Gasteiger partial charge is 0.165 e. The normalized spacial score (nSPS) is 16.4. The molecule has 0 N–H and O–H groups in total. The van der Waals surface area contributed by atoms with Crippen molar-refractivity contribution < 1.29 is 18.7 Å². The van der Waals surface area contributed by atoms with Gasteiger partial charge in [-0.15, -0.1) is 0 Å². The molecule has 3 rings (SSSR count). The lowest BCUT2D eigenvalue weighted by molar-refractivity contribution is 0.0320. The van der Waals surface area contributed by atoms with Gasteiger partial charge >= 0.3 is 0 Å². The van der Waals surface area contributed by atoms with E-state index in [4.69, 9.17) is 18.7 Å². The highest BCUT2D eigenvalue weighted by atomic mass is 16.5. The summed E-state index contributed by atoms with van der Waals surface area (Å²) < 4.78 is 22.1. The summed E-state index contributed by atoms with van der Waals surface area (Å²) in [4.78, 5) is 4.57. The van der Waals surface area contributed by atoms with Gasteiger partial charge in [0, 0.05) is 37.8 Å². The number of nitrogens with zero attached hydrogens (tertiary/aromatic N) is 3. The zero-order chi connectivity index (χ0) is 19.1. The van der Waals surface area contributed by atoms with E-state index in [-0.39, 0.29) is 6.04 Å². The van der Waals surface area contributed by atoms with E-state index in [0.717, 1.165) is 62.1 Å². The van der Waals surface area contributed by atoms with Crippen LogP contribution in [-0.4, -0.2) is 68.6 Å². The largest absolute Gasteiger partial charge is 0.493 e. The Hall–Kier alpha value is -2.09. The molecule has 27 heavy (non-hydrogen) atoms. The number of aromatic nitrogens is 1. The first-order chi connectivity index (χ1) is 13.2. The van der Waals surface area contributed by atoms with Crippen LogP contribution in [0.15, 0.2) is 35.1 Å². The fourth-order valence-electron chi connectivity index (χ4n) is 3.18. The van der Waals surface area contributed by atoms with Gasteiger partial charge in [-0.05, 0) is 20.0 Å². The fraction of sp³-hybridized carbons (Fsp3) is 0.550. The second kappa shape index (κ2) is 9.73. The first-order valence-electron chi connectivity index (χ1n) is 9.38. The van der Waals surface area contributed by atoms with Crippen molar-refractivity contribution in [3.8, 4) is 11.5 Å². The lowest BCUT2D eigenvalue weighted by Gasteiger charge is -2.27. The number of para-hydroxylation sites is 1. The summed E-state index contributed by atoms with van der Waals surface area (Å²) in [6.45, 7) is 7.84. The second-order valence-corrected chi connectivity index (χ2v) is 6.77. The first-order valence-corrected chi connectivity index (χ1v) is 9.38. The van der Waals surface area contributed by atoms with Gasteiger partial charge in [0.05, 0.1) is 26.4 Å². The van der Waals surface area contributed by atoms with Crippen LogP contribution in [-0.2, 0) is 11.3 Å². The third-order valence-corrected chi connectivity index (χ3v) is 5.00. The Kier molecular flexibility index (Phi) is 7.09. The molecule has 0 spiro atoms. The van der Waals surface area contributed by atoms with Crippen LogP contribution in [0, 0.1) is 0 Å². The lowest BCUT2D eigenvalue weighted by atomic mass is 10.1. The van der Waals surface area contributed by atoms with E-state index in [1.165, 1.54) is 0 Å². The molecule has 0 bridgehead atoms. The van der Waals surface area contributed by atoms with E-state index in [2.05, 4.69) is 35.0 Å². The molecule has 1 aliphatic heterocycles. The van der Waals surface area contributed by atoms with E-state index in [1.54, 1.807) is 13.4 Å². The van der Waals surface area contributed by atoms with Gasteiger partial charge in [0.25, 0.3) is 0 Å². The lowest BCUT2D eigenvalue weighted by Crippen LogP contribution is -2.38. The Balaban J connectivity index is 1.65. The minimum absolute atomic E-state index is 0.135. The molecule has 1 aliphatic rings. The molecule has 1 saturated heterocycles. The molecule has 2 heterocycles. The van der Waals surface area contributed by atoms with E-state index < -0.39 is 0 Å². The third kappa shape index (κ3) is 5.22. The van der Waals surface area contributed by atoms with Crippen LogP contribution in [0.3, 0.4) is 0 Å². The van der Waals surface area contributed by atoms with Crippen molar-refractivity contribution in [3.05, 3.63) is 41.8 Å². The molecule has 7 heteroatoms. The molecule has 148 valence electrons. The van der Waals surface area contributed by atoms with Gasteiger partial charge in [0.1, 0.15) is 18.6 Å². The van der Waals surface area contributed by atoms with Gasteiger partial charge < -0.3 is 18.7 Å². The Morgan fingerprint density at radius 1 is 1.26 bits per heavy atom. The topological polar surface area (TPSA) is 60.2 Å². The SMILES string of the molecule is COc1cccc(CN(C)[C@@H](C)c2ccon2)c1OCCN1CCOCC1. The molecular weight excluding hydrogens is 346 g/mol. The summed E-state index contributed by atoms with van der Waals surface area (Å²) in [5.41, 5.74) is 2.00. The summed E-state index contributed by atoms with van der Waals surface area (Å²) in [5.74, 6) is 1.57. The maximum atomic E-state index is 6.16. The zero-order valence-corrected chi connectivity index (χ0v) is 16.4. The van der Waals surface area contributed by atoms with Gasteiger partial charge in [-0.25, -0.2) is 0 Å². The van der Waals surface area contributed by atoms with Gasteiger partial charge in [0.2, 0.25) is 0 Å². The van der Waals surface area contributed by atoms with Crippen molar-refractivity contribution >= 4 is 0 Å². The van der Waals surface area contributed by atoms with Crippen LogP contribution in [0.5, 0.6) is 11.5 Å². The molecular formula is C20H29N3O4. The van der Waals surface area contributed by atoms with Crippen molar-refractivity contribution in [2.45, 2.75) is 19.5 Å². The van der Waals surface area contributed by atoms with E-state index in [1.807, 2.05) is 18.2 Å². The maximum absolute atomic E-state index is 6.16. The van der Waals surface area contributed by atoms with Crippen LogP contribution < -0.4 is 9.47 Å². The Labute approximate surface area is 160 Å². The van der Waals surface area contributed by atoms with Gasteiger partial charge in [-0.2, -0.15) is 0 Å². The van der Waals surface area contributed by atoms with Crippen LogP contribution in [0.25, 0.3) is 0 Å². The van der Waals surface area contributed by atoms with E-state index >= 15 is 0 Å². The van der Waals surface area contributed by atoms with Crippen LogP contribution >= 0.6 is 0 Å². The number of rotatable bonds is 9. The Bertz CT molecular complexity index is 687. The highest BCUT2D eigenvalue weighted by molar-refractivity contribution is 5.46. The molecule has 1 aromatic carbocycles. The van der Waals surface area contributed by atoms with Gasteiger partial charge in [-0.3, -0.25) is 9.80 Å². The minimum Gasteiger partial charge on any atom is -0.493 e. The molecule has 2 aromatic rings. The molecule has 0 unspecified atom stereocenters. The molecule has 0 amide bonds. The van der Waals surface area contributed by atoms with Crippen molar-refractivity contribution in [1.29, 1.82) is 0 Å². The molecule has 1 fully saturated rings. The quantitative estimate of drug-likeness (QED) is 0.668. The molecule has 7 nitrogen and oxygen atoms in total. The molecule has 0 saturated carbocycles. The second-order valence-electron chi connectivity index (χ2n) is 6.77. The Morgan fingerprint density at radius 2 is 2.07 bits per heavy atom. The van der Waals surface area contributed by atoms with Crippen molar-refractivity contribution in [3.63, 3.8) is 0 Å². The summed E-state index contributed by atoms with van der Waals surface area (Å²) in [5, 5.41) is 4.05. The average molecular weight is 375 g/mol. The monoisotopic (exact) mass is 375 g/mol. The molecule has 1 aromatic heterocycles. The highest BCUT2D eigenvalue weighted by Gasteiger charge is 2.19. The van der Waals surface area contributed by atoms with Gasteiger partial charge in [0.15, 0.2) is 11.5 Å². The first kappa shape index (κ1) is 19.7. The number of benzene rings is 1. The van der Waals surface area contributed by atoms with Crippen molar-refractivity contribution in [2.24, 2.45) is 0 Å². The number of hydrogen-bond acceptors (Lipinski definition) is 7. The highest BCUT2D eigenvalue weighted by Crippen LogP contribution is 2.33. The predicted octanol–water partition coefficient (Wildman–Crippen LogP) is 2.59. The van der Waals surface area contributed by atoms with E-state index in [0.29, 0.717) is 6.61 Å². The average Bonchev–Trinajstić information content (AvgIpc) is 3.24.